The molecule has 2 saturated heterocycles. The number of nitrogen functional groups attached to an aromatic ring is 1. The van der Waals surface area contributed by atoms with E-state index in [1.165, 1.54) is 24.4 Å². The first-order valence-electron chi connectivity index (χ1n) is 16.7. The Morgan fingerprint density at radius 1 is 0.821 bits per heavy atom. The summed E-state index contributed by atoms with van der Waals surface area (Å²) in [5.41, 5.74) is 5.04. The molecule has 2 aromatic heterocycles. The normalized spacial score (nSPS) is 27.8. The summed E-state index contributed by atoms with van der Waals surface area (Å²) >= 11 is 0. The topological polar surface area (TPSA) is 363 Å². The van der Waals surface area contributed by atoms with Gasteiger partial charge in [-0.2, -0.15) is 0 Å². The number of aliphatic hydroxyl groups is 7. The molecule has 21 nitrogen and oxygen atoms in total. The number of phenols is 3. The number of carbonyl (C=O) groups is 2. The molecule has 13 N–H and O–H groups in total. The number of anilines is 1. The number of pyridine rings is 1. The SMILES string of the molecule is Nc1ccc(Cc2c(O[C@@H]3O[C@H](C(=O)O[C@@H]4O[C@H](C(=O)O)[C@@H](O)[C@H](O)[C@H]4O)[C@@H](O)[C@H](O)[C@H]3O)cc3oc(-c4cc(O)c(O)c(CCO)c4)cc(=O)c3c2O)cn1. The molecule has 0 saturated carbocycles. The van der Waals surface area contributed by atoms with Crippen molar-refractivity contribution < 1.29 is 89.1 Å². The van der Waals surface area contributed by atoms with Gasteiger partial charge in [-0.1, -0.05) is 6.07 Å². The smallest absolute Gasteiger partial charge is 0.340 e. The highest BCUT2D eigenvalue weighted by Crippen LogP contribution is 2.41. The van der Waals surface area contributed by atoms with Gasteiger partial charge in [0.2, 0.25) is 12.6 Å². The number of carboxylic acids is 1. The number of phenolic OH excluding ortho intramolecular Hbond substituents is 3. The second-order valence-corrected chi connectivity index (χ2v) is 13.0. The Balaban J connectivity index is 1.38. The molecule has 21 heteroatoms. The molecule has 2 aromatic carbocycles. The van der Waals surface area contributed by atoms with E-state index in [1.54, 1.807) is 0 Å². The Kier molecular flexibility index (Phi) is 11.3. The third-order valence-corrected chi connectivity index (χ3v) is 9.21. The number of rotatable bonds is 10. The van der Waals surface area contributed by atoms with Gasteiger partial charge in [-0.3, -0.25) is 4.79 Å². The lowest BCUT2D eigenvalue weighted by molar-refractivity contribution is -0.302. The zero-order chi connectivity index (χ0) is 40.7. The van der Waals surface area contributed by atoms with Gasteiger partial charge in [-0.25, -0.2) is 14.6 Å². The highest BCUT2D eigenvalue weighted by molar-refractivity contribution is 5.88. The summed E-state index contributed by atoms with van der Waals surface area (Å²) in [5, 5.41) is 113. The molecule has 4 aromatic rings. The van der Waals surface area contributed by atoms with Crippen LogP contribution in [0.1, 0.15) is 16.7 Å². The Labute approximate surface area is 313 Å². The van der Waals surface area contributed by atoms with Gasteiger partial charge in [0.05, 0.1) is 0 Å². The summed E-state index contributed by atoms with van der Waals surface area (Å²) in [6.45, 7) is -0.396. The van der Waals surface area contributed by atoms with Gasteiger partial charge in [0.1, 0.15) is 70.7 Å². The van der Waals surface area contributed by atoms with Gasteiger partial charge in [0, 0.05) is 48.0 Å². The van der Waals surface area contributed by atoms with Crippen LogP contribution in [0.2, 0.25) is 0 Å². The monoisotopic (exact) mass is 788 g/mol. The largest absolute Gasteiger partial charge is 0.507 e. The molecule has 2 aliphatic rings. The summed E-state index contributed by atoms with van der Waals surface area (Å²) in [6, 6.07) is 7.50. The van der Waals surface area contributed by atoms with Crippen LogP contribution in [-0.4, -0.2) is 141 Å². The van der Waals surface area contributed by atoms with Crippen LogP contribution in [0.25, 0.3) is 22.3 Å². The molecule has 0 radical (unpaired) electrons. The Hall–Kier alpha value is -5.62. The van der Waals surface area contributed by atoms with E-state index >= 15 is 0 Å². The predicted octanol–water partition coefficient (Wildman–Crippen LogP) is -2.70. The predicted molar refractivity (Wildman–Crippen MR) is 183 cm³/mol. The van der Waals surface area contributed by atoms with Crippen LogP contribution in [0, 0.1) is 0 Å². The van der Waals surface area contributed by atoms with Crippen molar-refractivity contribution in [1.82, 2.24) is 4.98 Å². The van der Waals surface area contributed by atoms with Gasteiger partial charge >= 0.3 is 11.9 Å². The average molecular weight is 789 g/mol. The van der Waals surface area contributed by atoms with Crippen molar-refractivity contribution >= 4 is 28.7 Å². The number of hydrogen-bond acceptors (Lipinski definition) is 20. The van der Waals surface area contributed by atoms with Crippen molar-refractivity contribution in [2.75, 3.05) is 12.3 Å². The van der Waals surface area contributed by atoms with E-state index in [-0.39, 0.29) is 57.8 Å². The molecular formula is C35H36N2O19. The number of aliphatic carboxylic acids is 1. The summed E-state index contributed by atoms with van der Waals surface area (Å²) in [4.78, 5) is 42.3. The molecule has 0 aliphatic carbocycles. The summed E-state index contributed by atoms with van der Waals surface area (Å²) in [5.74, 6) is -5.60. The first-order chi connectivity index (χ1) is 26.5. The molecule has 2 fully saturated rings. The van der Waals surface area contributed by atoms with E-state index in [1.807, 2.05) is 0 Å². The van der Waals surface area contributed by atoms with Crippen LogP contribution < -0.4 is 15.9 Å². The number of fused-ring (bicyclic) bond motifs is 1. The molecule has 6 rings (SSSR count). The number of carbonyl (C=O) groups excluding carboxylic acids is 1. The average Bonchev–Trinajstić information content (AvgIpc) is 3.15. The van der Waals surface area contributed by atoms with Crippen LogP contribution in [-0.2, 0) is 36.6 Å². The Morgan fingerprint density at radius 3 is 2.12 bits per heavy atom. The lowest BCUT2D eigenvalue weighted by Gasteiger charge is -2.41. The number of benzene rings is 2. The highest BCUT2D eigenvalue weighted by atomic mass is 16.7. The van der Waals surface area contributed by atoms with E-state index in [4.69, 9.17) is 29.1 Å². The standard InChI is InChI=1S/C35H36N2O19/c36-20-2-1-11(10-37-20)5-14-18(9-19-21(23(14)42)15(39)8-17(52-19)13-6-12(3-4-38)22(41)16(40)7-13)53-34-28(47)25(44)27(46)31(55-34)33(51)56-35-29(48)24(43)26(45)30(54-35)32(49)50/h1-2,6-10,24-31,34-35,38,40-48H,3-5H2,(H2,36,37)(H,49,50)/t24-,25-,26-,27-,28+,29+,30-,31-,34+,35-/m0/s1. The van der Waals surface area contributed by atoms with Gasteiger partial charge in [-0.15, -0.1) is 0 Å². The maximum atomic E-state index is 13.5. The third kappa shape index (κ3) is 7.62. The minimum atomic E-state index is -2.25. The number of ether oxygens (including phenoxy) is 4. The molecule has 0 spiro atoms. The van der Waals surface area contributed by atoms with Crippen molar-refractivity contribution in [2.45, 2.75) is 74.3 Å². The Morgan fingerprint density at radius 2 is 1.48 bits per heavy atom. The van der Waals surface area contributed by atoms with Crippen molar-refractivity contribution in [3.8, 4) is 34.3 Å². The maximum absolute atomic E-state index is 13.5. The summed E-state index contributed by atoms with van der Waals surface area (Å²) < 4.78 is 27.2. The highest BCUT2D eigenvalue weighted by Gasteiger charge is 2.52. The van der Waals surface area contributed by atoms with E-state index in [2.05, 4.69) is 4.98 Å². The number of aromatic hydroxyl groups is 3. The molecule has 56 heavy (non-hydrogen) atoms. The van der Waals surface area contributed by atoms with Crippen LogP contribution in [0.15, 0.2) is 51.8 Å². The lowest BCUT2D eigenvalue weighted by atomic mass is 9.97. The number of nitrogens with two attached hydrogens (primary N) is 1. The second-order valence-electron chi connectivity index (χ2n) is 13.0. The van der Waals surface area contributed by atoms with Crippen LogP contribution >= 0.6 is 0 Å². The van der Waals surface area contributed by atoms with Crippen molar-refractivity contribution in [2.24, 2.45) is 0 Å². The van der Waals surface area contributed by atoms with Gasteiger partial charge in [0.25, 0.3) is 0 Å². The number of aliphatic hydroxyl groups excluding tert-OH is 7. The van der Waals surface area contributed by atoms with E-state index in [0.29, 0.717) is 5.56 Å². The minimum Gasteiger partial charge on any atom is -0.507 e. The molecule has 0 bridgehead atoms. The number of carboxylic acid groups (broad SMARTS) is 1. The number of aromatic nitrogens is 1. The van der Waals surface area contributed by atoms with E-state index in [9.17, 15) is 70.6 Å². The third-order valence-electron chi connectivity index (χ3n) is 9.21. The molecular weight excluding hydrogens is 752 g/mol. The zero-order valence-corrected chi connectivity index (χ0v) is 28.6. The van der Waals surface area contributed by atoms with Gasteiger partial charge in [-0.05, 0) is 30.2 Å². The summed E-state index contributed by atoms with van der Waals surface area (Å²) in [7, 11) is 0. The lowest BCUT2D eigenvalue weighted by Crippen LogP contribution is -2.63. The van der Waals surface area contributed by atoms with Crippen LogP contribution in [0.4, 0.5) is 5.82 Å². The van der Waals surface area contributed by atoms with E-state index in [0.717, 1.165) is 18.2 Å². The van der Waals surface area contributed by atoms with Crippen molar-refractivity contribution in [3.05, 3.63) is 69.5 Å². The quantitative estimate of drug-likeness (QED) is 0.0574. The maximum Gasteiger partial charge on any atom is 0.340 e. The zero-order valence-electron chi connectivity index (χ0n) is 28.6. The number of nitrogens with zero attached hydrogens (tertiary/aromatic N) is 1. The second kappa shape index (κ2) is 15.9. The molecule has 10 atom stereocenters. The van der Waals surface area contributed by atoms with E-state index < -0.39 is 103 Å². The number of esters is 1. The van der Waals surface area contributed by atoms with Crippen LogP contribution in [0.5, 0.6) is 23.0 Å². The minimum absolute atomic E-state index is 0.0752. The molecule has 4 heterocycles. The molecule has 2 aliphatic heterocycles. The van der Waals surface area contributed by atoms with Gasteiger partial charge in [0.15, 0.2) is 29.1 Å². The Bertz CT molecular complexity index is 2180. The van der Waals surface area contributed by atoms with Crippen LogP contribution in [0.3, 0.4) is 0 Å². The van der Waals surface area contributed by atoms with Crippen molar-refractivity contribution in [3.63, 3.8) is 0 Å². The first kappa shape index (κ1) is 40.1. The fourth-order valence-corrected chi connectivity index (χ4v) is 6.21. The molecule has 300 valence electrons. The molecule has 0 amide bonds. The number of hydrogen-bond donors (Lipinski definition) is 12. The fraction of sp³-hybridized carbons (Fsp3) is 0.371. The molecule has 0 unspecified atom stereocenters. The summed E-state index contributed by atoms with van der Waals surface area (Å²) in [6.07, 6.45) is -20.8. The first-order valence-corrected chi connectivity index (χ1v) is 16.7. The van der Waals surface area contributed by atoms with Crippen molar-refractivity contribution in [1.29, 1.82) is 0 Å². The fourth-order valence-electron chi connectivity index (χ4n) is 6.21. The van der Waals surface area contributed by atoms with Gasteiger partial charge < -0.3 is 85.3 Å².